The van der Waals surface area contributed by atoms with Crippen molar-refractivity contribution in [3.8, 4) is 0 Å². The summed E-state index contributed by atoms with van der Waals surface area (Å²) in [5.74, 6) is -0.479. The monoisotopic (exact) mass is 358 g/mol. The van der Waals surface area contributed by atoms with Crippen molar-refractivity contribution < 1.29 is 23.9 Å². The Kier molecular flexibility index (Phi) is 11.5. The molecule has 0 aliphatic rings. The average Bonchev–Trinajstić information content (AvgIpc) is 2.62. The van der Waals surface area contributed by atoms with Crippen molar-refractivity contribution in [3.05, 3.63) is 60.2 Å². The number of rotatable bonds is 4. The topological polar surface area (TPSA) is 103 Å². The minimum absolute atomic E-state index is 0.0360. The van der Waals surface area contributed by atoms with Crippen molar-refractivity contribution in [2.75, 3.05) is 7.11 Å². The van der Waals surface area contributed by atoms with Crippen LogP contribution in [0.2, 0.25) is 0 Å². The van der Waals surface area contributed by atoms with Crippen LogP contribution in [0.5, 0.6) is 0 Å². The fraction of sp³-hybridized carbons (Fsp3) is 0.263. The van der Waals surface area contributed by atoms with E-state index in [1.165, 1.54) is 40.3 Å². The van der Waals surface area contributed by atoms with Gasteiger partial charge in [-0.05, 0) is 45.0 Å². The zero-order valence-electron chi connectivity index (χ0n) is 15.3. The summed E-state index contributed by atoms with van der Waals surface area (Å²) in [4.78, 5) is 49.5. The summed E-state index contributed by atoms with van der Waals surface area (Å²) >= 11 is 0. The van der Waals surface area contributed by atoms with Crippen LogP contribution in [0.25, 0.3) is 0 Å². The van der Waals surface area contributed by atoms with E-state index >= 15 is 0 Å². The Bertz CT molecular complexity index is 711. The number of ketones is 3. The third-order valence-corrected chi connectivity index (χ3v) is 2.48. The van der Waals surface area contributed by atoms with Crippen molar-refractivity contribution >= 4 is 23.3 Å². The lowest BCUT2D eigenvalue weighted by Gasteiger charge is -1.95. The number of aromatic nitrogens is 2. The largest absolute Gasteiger partial charge is 0.465 e. The van der Waals surface area contributed by atoms with E-state index in [1.54, 1.807) is 36.7 Å². The first-order valence-corrected chi connectivity index (χ1v) is 7.66. The van der Waals surface area contributed by atoms with Crippen molar-refractivity contribution in [1.29, 1.82) is 0 Å². The molecule has 0 aromatic carbocycles. The number of esters is 1. The van der Waals surface area contributed by atoms with E-state index in [1.807, 2.05) is 0 Å². The van der Waals surface area contributed by atoms with Crippen LogP contribution in [0, 0.1) is 0 Å². The maximum atomic E-state index is 11.2. The number of ether oxygens (including phenoxy) is 1. The summed E-state index contributed by atoms with van der Waals surface area (Å²) in [5, 5.41) is 0. The van der Waals surface area contributed by atoms with E-state index in [0.717, 1.165) is 0 Å². The second-order valence-electron chi connectivity index (χ2n) is 5.19. The Hall–Kier alpha value is -3.22. The molecule has 0 bridgehead atoms. The van der Waals surface area contributed by atoms with Gasteiger partial charge >= 0.3 is 5.97 Å². The molecule has 0 N–H and O–H groups in total. The number of hydrogen-bond acceptors (Lipinski definition) is 7. The van der Waals surface area contributed by atoms with E-state index in [2.05, 4.69) is 14.7 Å². The number of nitrogens with zero attached hydrogens (tertiary/aromatic N) is 2. The van der Waals surface area contributed by atoms with Gasteiger partial charge in [0, 0.05) is 30.4 Å². The molecular weight excluding hydrogens is 336 g/mol. The Morgan fingerprint density at radius 1 is 0.885 bits per heavy atom. The van der Waals surface area contributed by atoms with Gasteiger partial charge in [-0.25, -0.2) is 4.79 Å². The molecular formula is C19H22N2O5. The van der Waals surface area contributed by atoms with E-state index in [-0.39, 0.29) is 29.7 Å². The third kappa shape index (κ3) is 11.3. The highest BCUT2D eigenvalue weighted by atomic mass is 16.5. The van der Waals surface area contributed by atoms with E-state index in [9.17, 15) is 19.2 Å². The molecule has 0 fully saturated rings. The molecule has 2 rings (SSSR count). The molecule has 0 saturated heterocycles. The smallest absolute Gasteiger partial charge is 0.339 e. The van der Waals surface area contributed by atoms with Crippen LogP contribution in [0.15, 0.2) is 49.1 Å². The molecule has 0 spiro atoms. The summed E-state index contributed by atoms with van der Waals surface area (Å²) in [5.41, 5.74) is 0.970. The summed E-state index contributed by atoms with van der Waals surface area (Å²) in [7, 11) is 1.34. The lowest BCUT2D eigenvalue weighted by atomic mass is 10.1. The first kappa shape index (κ1) is 22.8. The molecule has 0 saturated carbocycles. The van der Waals surface area contributed by atoms with Gasteiger partial charge in [-0.1, -0.05) is 0 Å². The van der Waals surface area contributed by atoms with Crippen LogP contribution in [0.4, 0.5) is 0 Å². The van der Waals surface area contributed by atoms with Gasteiger partial charge in [0.2, 0.25) is 0 Å². The Morgan fingerprint density at radius 2 is 1.35 bits per heavy atom. The molecule has 0 aliphatic heterocycles. The second-order valence-corrected chi connectivity index (χ2v) is 5.19. The van der Waals surface area contributed by atoms with Crippen molar-refractivity contribution in [2.45, 2.75) is 27.2 Å². The molecule has 0 atom stereocenters. The van der Waals surface area contributed by atoms with Gasteiger partial charge in [-0.2, -0.15) is 0 Å². The maximum Gasteiger partial charge on any atom is 0.339 e. The number of methoxy groups -OCH3 is 1. The summed E-state index contributed by atoms with van der Waals surface area (Å²) in [6.45, 7) is 4.45. The minimum Gasteiger partial charge on any atom is -0.465 e. The number of pyridine rings is 2. The molecule has 0 radical (unpaired) electrons. The van der Waals surface area contributed by atoms with Crippen LogP contribution >= 0.6 is 0 Å². The first-order chi connectivity index (χ1) is 12.3. The lowest BCUT2D eigenvalue weighted by Crippen LogP contribution is -2.04. The third-order valence-electron chi connectivity index (χ3n) is 2.48. The zero-order chi connectivity index (χ0) is 19.9. The fourth-order valence-electron chi connectivity index (χ4n) is 1.46. The average molecular weight is 358 g/mol. The highest BCUT2D eigenvalue weighted by molar-refractivity contribution is 6.07. The van der Waals surface area contributed by atoms with Crippen LogP contribution in [0.1, 0.15) is 47.9 Å². The highest BCUT2D eigenvalue weighted by Crippen LogP contribution is 2.00. The minimum atomic E-state index is -0.354. The molecule has 7 heteroatoms. The van der Waals surface area contributed by atoms with Crippen LogP contribution in [-0.4, -0.2) is 40.4 Å². The predicted molar refractivity (Wildman–Crippen MR) is 95.8 cm³/mol. The summed E-state index contributed by atoms with van der Waals surface area (Å²) in [6, 6.07) is 6.66. The molecule has 138 valence electrons. The van der Waals surface area contributed by atoms with Gasteiger partial charge in [0.05, 0.1) is 19.1 Å². The maximum absolute atomic E-state index is 11.2. The van der Waals surface area contributed by atoms with E-state index in [4.69, 9.17) is 0 Å². The molecule has 7 nitrogen and oxygen atoms in total. The predicted octanol–water partition coefficient (Wildman–Crippen LogP) is 2.71. The van der Waals surface area contributed by atoms with Gasteiger partial charge in [0.25, 0.3) is 0 Å². The van der Waals surface area contributed by atoms with Gasteiger partial charge in [0.1, 0.15) is 11.6 Å². The molecule has 0 aliphatic carbocycles. The molecule has 2 aromatic rings. The Balaban J connectivity index is 0.000000405. The van der Waals surface area contributed by atoms with Gasteiger partial charge in [-0.15, -0.1) is 0 Å². The van der Waals surface area contributed by atoms with Crippen molar-refractivity contribution in [3.63, 3.8) is 0 Å². The van der Waals surface area contributed by atoms with E-state index in [0.29, 0.717) is 11.1 Å². The Morgan fingerprint density at radius 3 is 1.69 bits per heavy atom. The molecule has 26 heavy (non-hydrogen) atoms. The number of carbonyl (C=O) groups is 4. The van der Waals surface area contributed by atoms with Crippen LogP contribution < -0.4 is 0 Å². The molecule has 0 amide bonds. The molecule has 2 aromatic heterocycles. The molecule has 2 heterocycles. The second kappa shape index (κ2) is 13.1. The van der Waals surface area contributed by atoms with Crippen molar-refractivity contribution in [1.82, 2.24) is 9.97 Å². The van der Waals surface area contributed by atoms with E-state index < -0.39 is 0 Å². The Labute approximate surface area is 152 Å². The SMILES string of the molecule is CC(=O)CC(=O)c1cccnc1.CC(C)=O.COC(=O)c1cccnc1. The van der Waals surface area contributed by atoms with Gasteiger partial charge in [0.15, 0.2) is 5.78 Å². The van der Waals surface area contributed by atoms with Crippen molar-refractivity contribution in [2.24, 2.45) is 0 Å². The number of carbonyl (C=O) groups excluding carboxylic acids is 4. The fourth-order valence-corrected chi connectivity index (χ4v) is 1.46. The lowest BCUT2D eigenvalue weighted by molar-refractivity contribution is -0.116. The van der Waals surface area contributed by atoms with Crippen LogP contribution in [0.3, 0.4) is 0 Å². The quantitative estimate of drug-likeness (QED) is 0.470. The van der Waals surface area contributed by atoms with Crippen LogP contribution in [-0.2, 0) is 14.3 Å². The molecule has 0 unspecified atom stereocenters. The standard InChI is InChI=1S/C9H9NO2.C7H7NO2.C3H6O/c1-7(11)5-9(12)8-3-2-4-10-6-8;1-10-7(9)6-3-2-4-8-5-6;1-3(2)4/h2-4,6H,5H2,1H3;2-5H,1H3;1-2H3. The normalized spacial score (nSPS) is 8.77. The number of hydrogen-bond donors (Lipinski definition) is 0. The highest BCUT2D eigenvalue weighted by Gasteiger charge is 2.07. The summed E-state index contributed by atoms with van der Waals surface area (Å²) < 4.78 is 4.46. The first-order valence-electron chi connectivity index (χ1n) is 7.66. The van der Waals surface area contributed by atoms with Gasteiger partial charge < -0.3 is 9.53 Å². The van der Waals surface area contributed by atoms with Gasteiger partial charge in [-0.3, -0.25) is 19.6 Å². The zero-order valence-corrected chi connectivity index (χ0v) is 15.3. The number of Topliss-reactive ketones (excluding diaryl/α,β-unsaturated/α-hetero) is 3. The summed E-state index contributed by atoms with van der Waals surface area (Å²) in [6.07, 6.45) is 6.08.